The summed E-state index contributed by atoms with van der Waals surface area (Å²) >= 11 is 0. The molecule has 0 aromatic carbocycles. The van der Waals surface area contributed by atoms with Crippen LogP contribution in [0.15, 0.2) is 47.6 Å². The van der Waals surface area contributed by atoms with E-state index in [0.29, 0.717) is 35.2 Å². The number of aliphatic hydroxyl groups is 1. The lowest BCUT2D eigenvalue weighted by molar-refractivity contribution is 0.111. The van der Waals surface area contributed by atoms with E-state index in [9.17, 15) is 5.11 Å². The first-order valence-corrected chi connectivity index (χ1v) is 17.8. The van der Waals surface area contributed by atoms with Crippen LogP contribution in [0.5, 0.6) is 0 Å². The van der Waals surface area contributed by atoms with Gasteiger partial charge in [-0.1, -0.05) is 76.6 Å². The SMILES string of the molecule is C=C1CC[C@H](O[Si](C)(C)C(C)(C)C)C/C1=C\C=C1/CCC[C@]2(C)[C@@H]([C@H](C)/C=C/[C@@H](O)C3CC3)CC[C@@H]12. The topological polar surface area (TPSA) is 29.5 Å². The van der Waals surface area contributed by atoms with Crippen molar-refractivity contribution in [2.24, 2.45) is 29.1 Å². The van der Waals surface area contributed by atoms with Crippen molar-refractivity contribution in [1.82, 2.24) is 0 Å². The molecule has 0 spiro atoms. The monoisotopic (exact) mass is 510 g/mol. The Bertz CT molecular complexity index is 899. The summed E-state index contributed by atoms with van der Waals surface area (Å²) in [5, 5.41) is 10.6. The summed E-state index contributed by atoms with van der Waals surface area (Å²) in [6.45, 7) is 21.2. The van der Waals surface area contributed by atoms with E-state index in [1.54, 1.807) is 5.57 Å². The highest BCUT2D eigenvalue weighted by atomic mass is 28.4. The molecule has 3 heteroatoms. The second kappa shape index (κ2) is 10.7. The molecule has 4 fully saturated rings. The van der Waals surface area contributed by atoms with E-state index in [1.165, 1.54) is 56.1 Å². The Balaban J connectivity index is 1.45. The van der Waals surface area contributed by atoms with Crippen LogP contribution in [0.2, 0.25) is 18.1 Å². The Kier molecular flexibility index (Phi) is 8.35. The molecule has 36 heavy (non-hydrogen) atoms. The van der Waals surface area contributed by atoms with E-state index in [1.807, 2.05) is 0 Å². The molecular weight excluding hydrogens is 456 g/mol. The lowest BCUT2D eigenvalue weighted by Gasteiger charge is -2.44. The van der Waals surface area contributed by atoms with Gasteiger partial charge in [-0.25, -0.2) is 0 Å². The fourth-order valence-corrected chi connectivity index (χ4v) is 8.62. The van der Waals surface area contributed by atoms with Crippen molar-refractivity contribution >= 4 is 8.32 Å². The normalized spacial score (nSPS) is 36.0. The highest BCUT2D eigenvalue weighted by Crippen LogP contribution is 2.59. The molecule has 202 valence electrons. The van der Waals surface area contributed by atoms with Crippen LogP contribution in [0.3, 0.4) is 0 Å². The Morgan fingerprint density at radius 1 is 1.06 bits per heavy atom. The van der Waals surface area contributed by atoms with Crippen LogP contribution in [0, 0.1) is 29.1 Å². The molecule has 0 heterocycles. The van der Waals surface area contributed by atoms with Gasteiger partial charge in [0.25, 0.3) is 0 Å². The van der Waals surface area contributed by atoms with Crippen molar-refractivity contribution < 1.29 is 9.53 Å². The molecule has 4 saturated carbocycles. The first-order valence-electron chi connectivity index (χ1n) is 14.9. The zero-order valence-electron chi connectivity index (χ0n) is 24.4. The molecule has 4 aliphatic rings. The van der Waals surface area contributed by atoms with Gasteiger partial charge in [-0.05, 0) is 117 Å². The van der Waals surface area contributed by atoms with Gasteiger partial charge in [-0.2, -0.15) is 0 Å². The smallest absolute Gasteiger partial charge is 0.192 e. The minimum Gasteiger partial charge on any atom is -0.414 e. The zero-order valence-corrected chi connectivity index (χ0v) is 25.4. The molecular formula is C33H54O2Si. The Morgan fingerprint density at radius 3 is 2.44 bits per heavy atom. The molecule has 0 unspecified atom stereocenters. The summed E-state index contributed by atoms with van der Waals surface area (Å²) in [4.78, 5) is 0. The summed E-state index contributed by atoms with van der Waals surface area (Å²) in [7, 11) is -1.76. The van der Waals surface area contributed by atoms with E-state index < -0.39 is 8.32 Å². The van der Waals surface area contributed by atoms with Crippen molar-refractivity contribution in [2.75, 3.05) is 0 Å². The van der Waals surface area contributed by atoms with Crippen LogP contribution in [-0.2, 0) is 4.43 Å². The maximum atomic E-state index is 10.3. The van der Waals surface area contributed by atoms with Crippen molar-refractivity contribution in [2.45, 2.75) is 129 Å². The quantitative estimate of drug-likeness (QED) is 0.273. The first-order chi connectivity index (χ1) is 16.8. The lowest BCUT2D eigenvalue weighted by atomic mass is 9.61. The third-order valence-corrected chi connectivity index (χ3v) is 15.4. The highest BCUT2D eigenvalue weighted by molar-refractivity contribution is 6.74. The van der Waals surface area contributed by atoms with Crippen LogP contribution in [0.25, 0.3) is 0 Å². The van der Waals surface area contributed by atoms with Gasteiger partial charge < -0.3 is 9.53 Å². The number of hydrogen-bond donors (Lipinski definition) is 1. The predicted octanol–water partition coefficient (Wildman–Crippen LogP) is 9.15. The number of hydrogen-bond acceptors (Lipinski definition) is 2. The van der Waals surface area contributed by atoms with Crippen molar-refractivity contribution in [3.8, 4) is 0 Å². The van der Waals surface area contributed by atoms with Gasteiger partial charge >= 0.3 is 0 Å². The zero-order chi connectivity index (χ0) is 26.3. The summed E-state index contributed by atoms with van der Waals surface area (Å²) < 4.78 is 6.81. The highest BCUT2D eigenvalue weighted by Gasteiger charge is 2.50. The Hall–Kier alpha value is -0.903. The summed E-state index contributed by atoms with van der Waals surface area (Å²) in [5.41, 5.74) is 4.80. The van der Waals surface area contributed by atoms with Crippen LogP contribution in [-0.4, -0.2) is 25.6 Å². The van der Waals surface area contributed by atoms with Crippen molar-refractivity contribution in [1.29, 1.82) is 0 Å². The summed E-state index contributed by atoms with van der Waals surface area (Å²) in [5.74, 6) is 2.48. The van der Waals surface area contributed by atoms with Gasteiger partial charge in [0.1, 0.15) is 0 Å². The molecule has 0 aromatic heterocycles. The Labute approximate surface area is 223 Å². The van der Waals surface area contributed by atoms with Gasteiger partial charge in [0, 0.05) is 6.10 Å². The largest absolute Gasteiger partial charge is 0.414 e. The number of rotatable bonds is 7. The first kappa shape index (κ1) is 28.1. The molecule has 0 bridgehead atoms. The predicted molar refractivity (Wildman–Crippen MR) is 156 cm³/mol. The standard InChI is InChI=1S/C33H54O2Si/c1-23-11-17-28(35-36(7,8)32(3,4)5)22-27(23)16-13-25-10-9-21-33(6)29(18-19-30(25)33)24(2)12-20-31(34)26-14-15-26/h12-13,16,20,24,26,28-31,34H,1,9-11,14-15,17-19,21-22H2,2-8H3/b20-12+,25-13+,27-16+/t24-,28+,29-,30+,31-,33-/m1/s1. The van der Waals surface area contributed by atoms with E-state index >= 15 is 0 Å². The average Bonchev–Trinajstić information content (AvgIpc) is 3.58. The second-order valence-electron chi connectivity index (χ2n) is 14.4. The summed E-state index contributed by atoms with van der Waals surface area (Å²) in [6.07, 6.45) is 21.6. The van der Waals surface area contributed by atoms with E-state index in [2.05, 4.69) is 78.6 Å². The molecule has 0 aromatic rings. The molecule has 6 atom stereocenters. The van der Waals surface area contributed by atoms with Gasteiger partial charge in [-0.3, -0.25) is 0 Å². The van der Waals surface area contributed by atoms with Gasteiger partial charge in [0.15, 0.2) is 8.32 Å². The minimum absolute atomic E-state index is 0.223. The van der Waals surface area contributed by atoms with E-state index in [4.69, 9.17) is 4.43 Å². The summed E-state index contributed by atoms with van der Waals surface area (Å²) in [6, 6.07) is 0. The maximum absolute atomic E-state index is 10.3. The van der Waals surface area contributed by atoms with E-state index in [-0.39, 0.29) is 11.1 Å². The molecule has 4 rings (SSSR count). The molecule has 0 saturated heterocycles. The molecule has 4 aliphatic carbocycles. The van der Waals surface area contributed by atoms with Crippen molar-refractivity contribution in [3.63, 3.8) is 0 Å². The molecule has 2 nitrogen and oxygen atoms in total. The molecule has 0 amide bonds. The van der Waals surface area contributed by atoms with Gasteiger partial charge in [-0.15, -0.1) is 0 Å². The second-order valence-corrected chi connectivity index (χ2v) is 19.2. The third-order valence-electron chi connectivity index (χ3n) is 10.8. The Morgan fingerprint density at radius 2 is 1.78 bits per heavy atom. The number of aliphatic hydroxyl groups excluding tert-OH is 1. The van der Waals surface area contributed by atoms with Crippen molar-refractivity contribution in [3.05, 3.63) is 47.6 Å². The van der Waals surface area contributed by atoms with Crippen LogP contribution >= 0.6 is 0 Å². The minimum atomic E-state index is -1.76. The van der Waals surface area contributed by atoms with Crippen LogP contribution < -0.4 is 0 Å². The van der Waals surface area contributed by atoms with Gasteiger partial charge in [0.2, 0.25) is 0 Å². The van der Waals surface area contributed by atoms with E-state index in [0.717, 1.165) is 19.3 Å². The number of allylic oxidation sites excluding steroid dienone is 5. The fourth-order valence-electron chi connectivity index (χ4n) is 7.24. The number of fused-ring (bicyclic) bond motifs is 1. The molecule has 0 radical (unpaired) electrons. The van der Waals surface area contributed by atoms with Gasteiger partial charge in [0.05, 0.1) is 6.10 Å². The third kappa shape index (κ3) is 6.05. The maximum Gasteiger partial charge on any atom is 0.192 e. The molecule has 1 N–H and O–H groups in total. The van der Waals surface area contributed by atoms with Crippen LogP contribution in [0.1, 0.15) is 98.8 Å². The molecule has 0 aliphatic heterocycles. The lowest BCUT2D eigenvalue weighted by Crippen LogP contribution is -2.44. The van der Waals surface area contributed by atoms with Crippen LogP contribution in [0.4, 0.5) is 0 Å². The average molecular weight is 511 g/mol. The fraction of sp³-hybridized carbons (Fsp3) is 0.758.